The van der Waals surface area contributed by atoms with E-state index in [1.807, 2.05) is 24.8 Å². The van der Waals surface area contributed by atoms with Gasteiger partial charge >= 0.3 is 0 Å². The highest BCUT2D eigenvalue weighted by molar-refractivity contribution is 5.96. The Labute approximate surface area is 118 Å². The lowest BCUT2D eigenvalue weighted by molar-refractivity contribution is 0.683. The van der Waals surface area contributed by atoms with E-state index in [0.29, 0.717) is 0 Å². The van der Waals surface area contributed by atoms with Crippen molar-refractivity contribution in [1.29, 1.82) is 0 Å². The molecule has 1 aromatic carbocycles. The third-order valence-corrected chi connectivity index (χ3v) is 4.24. The van der Waals surface area contributed by atoms with Crippen LogP contribution < -0.4 is 0 Å². The first-order valence-corrected chi connectivity index (χ1v) is 7.22. The molecule has 0 N–H and O–H groups in total. The zero-order valence-electron chi connectivity index (χ0n) is 11.3. The summed E-state index contributed by atoms with van der Waals surface area (Å²) in [6.07, 6.45) is 12.8. The van der Waals surface area contributed by atoms with Crippen LogP contribution in [-0.2, 0) is 12.8 Å². The van der Waals surface area contributed by atoms with Gasteiger partial charge in [0.25, 0.3) is 0 Å². The van der Waals surface area contributed by atoms with Gasteiger partial charge in [0.15, 0.2) is 0 Å². The van der Waals surface area contributed by atoms with E-state index in [-0.39, 0.29) is 0 Å². The fraction of sp³-hybridized carbons (Fsp3) is 0.222. The van der Waals surface area contributed by atoms with E-state index in [2.05, 4.69) is 34.2 Å². The summed E-state index contributed by atoms with van der Waals surface area (Å²) in [5.41, 5.74) is 5.52. The van der Waals surface area contributed by atoms with Crippen LogP contribution in [0.4, 0.5) is 0 Å². The van der Waals surface area contributed by atoms with E-state index in [4.69, 9.17) is 0 Å². The van der Waals surface area contributed by atoms with Crippen LogP contribution in [-0.4, -0.2) is 9.97 Å². The molecule has 1 aliphatic rings. The van der Waals surface area contributed by atoms with Gasteiger partial charge in [-0.05, 0) is 53.8 Å². The van der Waals surface area contributed by atoms with Gasteiger partial charge in [-0.15, -0.1) is 0 Å². The topological polar surface area (TPSA) is 25.8 Å². The van der Waals surface area contributed by atoms with E-state index < -0.39 is 0 Å². The van der Waals surface area contributed by atoms with Crippen molar-refractivity contribution in [2.75, 3.05) is 0 Å². The van der Waals surface area contributed by atoms with Gasteiger partial charge in [-0.1, -0.05) is 18.2 Å². The monoisotopic (exact) mass is 260 g/mol. The second-order valence-electron chi connectivity index (χ2n) is 5.43. The average Bonchev–Trinajstić information content (AvgIpc) is 2.54. The smallest absolute Gasteiger partial charge is 0.0349 e. The summed E-state index contributed by atoms with van der Waals surface area (Å²) >= 11 is 0. The van der Waals surface area contributed by atoms with Gasteiger partial charge in [0.2, 0.25) is 0 Å². The van der Waals surface area contributed by atoms with Crippen molar-refractivity contribution in [3.05, 3.63) is 60.2 Å². The van der Waals surface area contributed by atoms with E-state index in [0.717, 1.165) is 0 Å². The molecule has 0 aliphatic heterocycles. The first-order valence-electron chi connectivity index (χ1n) is 7.22. The van der Waals surface area contributed by atoms with Crippen molar-refractivity contribution in [2.45, 2.75) is 25.7 Å². The van der Waals surface area contributed by atoms with Crippen LogP contribution in [0.2, 0.25) is 0 Å². The molecule has 0 radical (unpaired) electrons. The fourth-order valence-corrected chi connectivity index (χ4v) is 3.25. The molecule has 0 atom stereocenters. The summed E-state index contributed by atoms with van der Waals surface area (Å²) in [4.78, 5) is 8.69. The third-order valence-electron chi connectivity index (χ3n) is 4.24. The van der Waals surface area contributed by atoms with Crippen LogP contribution in [0, 0.1) is 0 Å². The van der Waals surface area contributed by atoms with E-state index >= 15 is 0 Å². The van der Waals surface area contributed by atoms with Gasteiger partial charge in [0.05, 0.1) is 0 Å². The van der Waals surface area contributed by atoms with Gasteiger partial charge in [-0.25, -0.2) is 0 Å². The number of aryl methyl sites for hydroxylation is 1. The highest BCUT2D eigenvalue weighted by Gasteiger charge is 2.15. The van der Waals surface area contributed by atoms with Crippen molar-refractivity contribution in [3.63, 3.8) is 0 Å². The lowest BCUT2D eigenvalue weighted by atomic mass is 9.87. The Kier molecular flexibility index (Phi) is 2.73. The summed E-state index contributed by atoms with van der Waals surface area (Å²) in [5.74, 6) is 0. The first kappa shape index (κ1) is 11.6. The highest BCUT2D eigenvalue weighted by Crippen LogP contribution is 2.34. The Morgan fingerprint density at radius 3 is 2.75 bits per heavy atom. The Morgan fingerprint density at radius 1 is 0.800 bits per heavy atom. The van der Waals surface area contributed by atoms with Crippen molar-refractivity contribution in [1.82, 2.24) is 9.97 Å². The number of hydrogen-bond acceptors (Lipinski definition) is 2. The SMILES string of the molecule is c1cc(-c2cncc3c2CCCC3)c2ccncc2c1. The standard InChI is InChI=1S/C18H16N2/c1-2-6-15-13(4-1)11-20-12-18(15)17-7-3-5-14-10-19-9-8-16(14)17/h3,5,7-12H,1-2,4,6H2. The fourth-order valence-electron chi connectivity index (χ4n) is 3.25. The molecule has 3 aromatic rings. The third kappa shape index (κ3) is 1.80. The average molecular weight is 260 g/mol. The van der Waals surface area contributed by atoms with Crippen LogP contribution in [0.1, 0.15) is 24.0 Å². The Balaban J connectivity index is 2.00. The number of nitrogens with zero attached hydrogens (tertiary/aromatic N) is 2. The van der Waals surface area contributed by atoms with Gasteiger partial charge in [0, 0.05) is 35.7 Å². The van der Waals surface area contributed by atoms with Crippen LogP contribution in [0.25, 0.3) is 21.9 Å². The summed E-state index contributed by atoms with van der Waals surface area (Å²) in [6.45, 7) is 0. The molecule has 0 amide bonds. The molecule has 0 saturated heterocycles. The minimum absolute atomic E-state index is 1.17. The maximum Gasteiger partial charge on any atom is 0.0349 e. The van der Waals surface area contributed by atoms with E-state index in [1.165, 1.54) is 58.7 Å². The first-order chi connectivity index (χ1) is 9.93. The summed E-state index contributed by atoms with van der Waals surface area (Å²) in [5, 5.41) is 2.46. The molecule has 0 unspecified atom stereocenters. The quantitative estimate of drug-likeness (QED) is 0.656. The minimum Gasteiger partial charge on any atom is -0.264 e. The summed E-state index contributed by atoms with van der Waals surface area (Å²) in [6, 6.07) is 8.54. The van der Waals surface area contributed by atoms with E-state index in [1.54, 1.807) is 0 Å². The summed E-state index contributed by atoms with van der Waals surface area (Å²) in [7, 11) is 0. The molecule has 2 aromatic heterocycles. The van der Waals surface area contributed by atoms with Crippen LogP contribution >= 0.6 is 0 Å². The highest BCUT2D eigenvalue weighted by atomic mass is 14.6. The van der Waals surface area contributed by atoms with Gasteiger partial charge < -0.3 is 0 Å². The predicted molar refractivity (Wildman–Crippen MR) is 81.6 cm³/mol. The molecule has 2 heteroatoms. The molecule has 1 aliphatic carbocycles. The zero-order chi connectivity index (χ0) is 13.4. The maximum absolute atomic E-state index is 4.47. The molecule has 2 heterocycles. The van der Waals surface area contributed by atoms with Crippen LogP contribution in [0.5, 0.6) is 0 Å². The second kappa shape index (κ2) is 4.71. The van der Waals surface area contributed by atoms with Gasteiger partial charge in [-0.2, -0.15) is 0 Å². The van der Waals surface area contributed by atoms with Crippen LogP contribution in [0.15, 0.2) is 49.1 Å². The largest absolute Gasteiger partial charge is 0.264 e. The Hall–Kier alpha value is -2.22. The Bertz CT molecular complexity index is 772. The Morgan fingerprint density at radius 2 is 1.75 bits per heavy atom. The zero-order valence-corrected chi connectivity index (χ0v) is 11.3. The number of pyridine rings is 2. The number of benzene rings is 1. The predicted octanol–water partition coefficient (Wildman–Crippen LogP) is 4.18. The van der Waals surface area contributed by atoms with Gasteiger partial charge in [-0.3, -0.25) is 9.97 Å². The molecule has 0 saturated carbocycles. The van der Waals surface area contributed by atoms with Crippen molar-refractivity contribution < 1.29 is 0 Å². The molecule has 98 valence electrons. The molecule has 0 spiro atoms. The maximum atomic E-state index is 4.47. The second-order valence-corrected chi connectivity index (χ2v) is 5.43. The lowest BCUT2D eigenvalue weighted by Gasteiger charge is -2.19. The minimum atomic E-state index is 1.17. The molecule has 20 heavy (non-hydrogen) atoms. The van der Waals surface area contributed by atoms with Crippen molar-refractivity contribution in [2.24, 2.45) is 0 Å². The molecular formula is C18H16N2. The van der Waals surface area contributed by atoms with Crippen LogP contribution in [0.3, 0.4) is 0 Å². The molecule has 0 bridgehead atoms. The number of aromatic nitrogens is 2. The molecular weight excluding hydrogens is 244 g/mol. The number of hydrogen-bond donors (Lipinski definition) is 0. The number of fused-ring (bicyclic) bond motifs is 2. The van der Waals surface area contributed by atoms with E-state index in [9.17, 15) is 0 Å². The number of rotatable bonds is 1. The normalized spacial score (nSPS) is 14.2. The molecule has 0 fully saturated rings. The van der Waals surface area contributed by atoms with Gasteiger partial charge in [0.1, 0.15) is 0 Å². The molecule has 4 rings (SSSR count). The molecule has 2 nitrogen and oxygen atoms in total. The van der Waals surface area contributed by atoms with Crippen molar-refractivity contribution in [3.8, 4) is 11.1 Å². The lowest BCUT2D eigenvalue weighted by Crippen LogP contribution is -2.05. The van der Waals surface area contributed by atoms with Crippen molar-refractivity contribution >= 4 is 10.8 Å². The summed E-state index contributed by atoms with van der Waals surface area (Å²) < 4.78 is 0.